The highest BCUT2D eigenvalue weighted by atomic mass is 79.9. The Hall–Kier alpha value is -2.91. The van der Waals surface area contributed by atoms with Crippen LogP contribution in [0.1, 0.15) is 5.69 Å². The third-order valence-electron chi connectivity index (χ3n) is 4.31. The van der Waals surface area contributed by atoms with Crippen molar-refractivity contribution < 1.29 is 0 Å². The van der Waals surface area contributed by atoms with Gasteiger partial charge in [-0.25, -0.2) is 9.50 Å². The fourth-order valence-corrected chi connectivity index (χ4v) is 3.98. The summed E-state index contributed by atoms with van der Waals surface area (Å²) >= 11 is 4.84. The molecular formula is C18H11BrN6OS. The number of thiazole rings is 1. The van der Waals surface area contributed by atoms with Gasteiger partial charge in [0.15, 0.2) is 16.3 Å². The summed E-state index contributed by atoms with van der Waals surface area (Å²) in [6, 6.07) is 9.76. The van der Waals surface area contributed by atoms with Crippen molar-refractivity contribution in [2.24, 2.45) is 0 Å². The van der Waals surface area contributed by atoms with Crippen molar-refractivity contribution in [3.63, 3.8) is 0 Å². The lowest BCUT2D eigenvalue weighted by molar-refractivity contribution is 0.903. The van der Waals surface area contributed by atoms with Gasteiger partial charge in [0.1, 0.15) is 5.52 Å². The molecule has 0 aliphatic carbocycles. The van der Waals surface area contributed by atoms with Crippen LogP contribution in [0.15, 0.2) is 57.4 Å². The highest BCUT2D eigenvalue weighted by Gasteiger charge is 2.18. The van der Waals surface area contributed by atoms with E-state index in [0.29, 0.717) is 16.3 Å². The normalized spacial score (nSPS) is 11.5. The Morgan fingerprint density at radius 3 is 2.67 bits per heavy atom. The number of rotatable bonds is 2. The van der Waals surface area contributed by atoms with E-state index in [0.717, 1.165) is 21.3 Å². The van der Waals surface area contributed by atoms with Gasteiger partial charge in [-0.05, 0) is 30.7 Å². The van der Waals surface area contributed by atoms with Crippen LogP contribution in [0, 0.1) is 6.92 Å². The molecular weight excluding hydrogens is 428 g/mol. The van der Waals surface area contributed by atoms with Gasteiger partial charge in [-0.3, -0.25) is 9.36 Å². The Bertz CT molecular complexity index is 1360. The van der Waals surface area contributed by atoms with E-state index in [4.69, 9.17) is 0 Å². The van der Waals surface area contributed by atoms with Crippen molar-refractivity contribution in [1.82, 2.24) is 29.4 Å². The van der Waals surface area contributed by atoms with Crippen molar-refractivity contribution >= 4 is 43.9 Å². The first-order chi connectivity index (χ1) is 13.1. The molecule has 0 saturated carbocycles. The van der Waals surface area contributed by atoms with E-state index in [1.165, 1.54) is 15.9 Å². The van der Waals surface area contributed by atoms with Crippen LogP contribution in [0.4, 0.5) is 0 Å². The van der Waals surface area contributed by atoms with Gasteiger partial charge in [0.25, 0.3) is 5.56 Å². The van der Waals surface area contributed by atoms with Crippen LogP contribution in [0.5, 0.6) is 0 Å². The molecule has 9 heteroatoms. The molecule has 5 aromatic rings. The van der Waals surface area contributed by atoms with Crippen molar-refractivity contribution in [2.45, 2.75) is 6.92 Å². The summed E-state index contributed by atoms with van der Waals surface area (Å²) < 4.78 is 4.15. The van der Waals surface area contributed by atoms with Crippen LogP contribution >= 0.6 is 27.3 Å². The maximum atomic E-state index is 12.9. The molecule has 0 aliphatic heterocycles. The van der Waals surface area contributed by atoms with Gasteiger partial charge in [0.2, 0.25) is 0 Å². The fourth-order valence-electron chi connectivity index (χ4n) is 3.09. The highest BCUT2D eigenvalue weighted by molar-refractivity contribution is 9.10. The molecule has 0 saturated heterocycles. The van der Waals surface area contributed by atoms with E-state index in [9.17, 15) is 4.79 Å². The van der Waals surface area contributed by atoms with Gasteiger partial charge in [-0.1, -0.05) is 28.1 Å². The molecule has 0 aliphatic rings. The van der Waals surface area contributed by atoms with E-state index in [-0.39, 0.29) is 11.1 Å². The Kier molecular flexibility index (Phi) is 3.66. The molecule has 0 N–H and O–H groups in total. The first-order valence-electron chi connectivity index (χ1n) is 8.06. The zero-order valence-corrected chi connectivity index (χ0v) is 16.4. The lowest BCUT2D eigenvalue weighted by atomic mass is 10.1. The standard InChI is InChI=1S/C18H11BrN6OS/c1-10-14(11-2-4-12(19)5-3-11)16-22-21-15-13(25(16)23-10)6-8-24(17(15)26)18-20-7-9-27-18/h2-9H,1H3. The second-order valence-electron chi connectivity index (χ2n) is 5.94. The summed E-state index contributed by atoms with van der Waals surface area (Å²) in [5, 5.41) is 15.6. The van der Waals surface area contributed by atoms with Crippen LogP contribution in [0.2, 0.25) is 0 Å². The number of aromatic nitrogens is 6. The average molecular weight is 439 g/mol. The minimum atomic E-state index is -0.268. The molecule has 0 amide bonds. The predicted molar refractivity (Wildman–Crippen MR) is 107 cm³/mol. The van der Waals surface area contributed by atoms with Gasteiger partial charge in [-0.2, -0.15) is 5.10 Å². The molecule has 5 rings (SSSR count). The molecule has 0 fully saturated rings. The molecule has 27 heavy (non-hydrogen) atoms. The second kappa shape index (κ2) is 6.07. The van der Waals surface area contributed by atoms with Crippen molar-refractivity contribution in [1.29, 1.82) is 0 Å². The first-order valence-corrected chi connectivity index (χ1v) is 9.74. The predicted octanol–water partition coefficient (Wildman–Crippen LogP) is 3.62. The maximum Gasteiger partial charge on any atom is 0.286 e. The van der Waals surface area contributed by atoms with Crippen molar-refractivity contribution in [3.05, 3.63) is 68.6 Å². The van der Waals surface area contributed by atoms with Crippen molar-refractivity contribution in [3.8, 4) is 16.3 Å². The number of benzene rings is 1. The Balaban J connectivity index is 1.79. The molecule has 0 unspecified atom stereocenters. The topological polar surface area (TPSA) is 78.0 Å². The van der Waals surface area contributed by atoms with E-state index in [2.05, 4.69) is 36.2 Å². The third-order valence-corrected chi connectivity index (χ3v) is 5.61. The van der Waals surface area contributed by atoms with Crippen LogP contribution < -0.4 is 5.56 Å². The summed E-state index contributed by atoms with van der Waals surface area (Å²) in [6.07, 6.45) is 3.35. The minimum absolute atomic E-state index is 0.255. The second-order valence-corrected chi connectivity index (χ2v) is 7.73. The van der Waals surface area contributed by atoms with Gasteiger partial charge in [-0.15, -0.1) is 21.5 Å². The molecule has 0 bridgehead atoms. The number of fused-ring (bicyclic) bond motifs is 3. The largest absolute Gasteiger partial charge is 0.286 e. The van der Waals surface area contributed by atoms with Crippen LogP contribution in [-0.2, 0) is 0 Å². The molecule has 132 valence electrons. The molecule has 0 radical (unpaired) electrons. The number of hydrogen-bond donors (Lipinski definition) is 0. The van der Waals surface area contributed by atoms with E-state index < -0.39 is 0 Å². The molecule has 4 aromatic heterocycles. The number of hydrogen-bond acceptors (Lipinski definition) is 6. The van der Waals surface area contributed by atoms with Gasteiger partial charge in [0.05, 0.1) is 11.3 Å². The molecule has 1 aromatic carbocycles. The van der Waals surface area contributed by atoms with Crippen molar-refractivity contribution in [2.75, 3.05) is 0 Å². The summed E-state index contributed by atoms with van der Waals surface area (Å²) in [5.41, 5.74) is 3.94. The van der Waals surface area contributed by atoms with E-state index in [1.807, 2.05) is 42.6 Å². The number of pyridine rings is 1. The SMILES string of the molecule is Cc1nn2c(nnc3c(=O)n(-c4nccs4)ccc32)c1-c1ccc(Br)cc1. The first kappa shape index (κ1) is 16.3. The van der Waals surface area contributed by atoms with Gasteiger partial charge in [0, 0.05) is 22.2 Å². The maximum absolute atomic E-state index is 12.9. The van der Waals surface area contributed by atoms with E-state index >= 15 is 0 Å². The average Bonchev–Trinajstić information content (AvgIpc) is 3.30. The Morgan fingerprint density at radius 1 is 1.11 bits per heavy atom. The minimum Gasteiger partial charge on any atom is -0.266 e. The number of halogens is 1. The summed E-state index contributed by atoms with van der Waals surface area (Å²) in [4.78, 5) is 17.0. The smallest absolute Gasteiger partial charge is 0.266 e. The quantitative estimate of drug-likeness (QED) is 0.420. The molecule has 0 spiro atoms. The van der Waals surface area contributed by atoms with Crippen LogP contribution in [-0.4, -0.2) is 29.4 Å². The number of aryl methyl sites for hydroxylation is 1. The zero-order chi connectivity index (χ0) is 18.5. The molecule has 4 heterocycles. The highest BCUT2D eigenvalue weighted by Crippen LogP contribution is 2.29. The van der Waals surface area contributed by atoms with Crippen LogP contribution in [0.3, 0.4) is 0 Å². The summed E-state index contributed by atoms with van der Waals surface area (Å²) in [5.74, 6) is 0. The molecule has 7 nitrogen and oxygen atoms in total. The van der Waals surface area contributed by atoms with Crippen LogP contribution in [0.25, 0.3) is 32.9 Å². The van der Waals surface area contributed by atoms with Gasteiger partial charge < -0.3 is 0 Å². The lowest BCUT2D eigenvalue weighted by Crippen LogP contribution is -2.20. The molecule has 0 atom stereocenters. The van der Waals surface area contributed by atoms with E-state index in [1.54, 1.807) is 16.9 Å². The summed E-state index contributed by atoms with van der Waals surface area (Å²) in [7, 11) is 0. The third kappa shape index (κ3) is 2.50. The Labute approximate surface area is 165 Å². The monoisotopic (exact) mass is 438 g/mol. The Morgan fingerprint density at radius 2 is 1.93 bits per heavy atom. The lowest BCUT2D eigenvalue weighted by Gasteiger charge is -2.04. The summed E-state index contributed by atoms with van der Waals surface area (Å²) in [6.45, 7) is 1.93. The fraction of sp³-hybridized carbons (Fsp3) is 0.0556. The zero-order valence-electron chi connectivity index (χ0n) is 14.0. The number of nitrogens with zero attached hydrogens (tertiary/aromatic N) is 6. The van der Waals surface area contributed by atoms with Gasteiger partial charge >= 0.3 is 0 Å².